The Kier molecular flexibility index (Phi) is 7.33. The number of benzene rings is 7. The van der Waals surface area contributed by atoms with Gasteiger partial charge in [-0.2, -0.15) is 0 Å². The van der Waals surface area contributed by atoms with Crippen molar-refractivity contribution in [3.8, 4) is 22.3 Å². The lowest BCUT2D eigenvalue weighted by atomic mass is 9.81. The molecule has 47 heavy (non-hydrogen) atoms. The van der Waals surface area contributed by atoms with Crippen molar-refractivity contribution < 1.29 is 0 Å². The number of fused-ring (bicyclic) bond motifs is 5. The van der Waals surface area contributed by atoms with E-state index in [0.717, 1.165) is 11.1 Å². The van der Waals surface area contributed by atoms with Crippen LogP contribution in [0.3, 0.4) is 0 Å². The van der Waals surface area contributed by atoms with E-state index in [9.17, 15) is 0 Å². The first-order chi connectivity index (χ1) is 23.0. The van der Waals surface area contributed by atoms with E-state index in [1.54, 1.807) is 0 Å². The Bertz CT molecular complexity index is 2260. The van der Waals surface area contributed by atoms with Crippen LogP contribution in [-0.2, 0) is 5.41 Å². The highest BCUT2D eigenvalue weighted by atomic mass is 15.0. The normalized spacial score (nSPS) is 14.7. The SMILES string of the molecule is CC1(C)c2cc3ccccc3cc2-c2c(/C=C/C(NC(N)c3ccccc3)c3ccc(-c4cccc5ccccc45)cc3)cccc21. The van der Waals surface area contributed by atoms with E-state index in [0.29, 0.717) is 0 Å². The van der Waals surface area contributed by atoms with Crippen molar-refractivity contribution in [2.75, 3.05) is 0 Å². The minimum absolute atomic E-state index is 0.0801. The van der Waals surface area contributed by atoms with Crippen LogP contribution < -0.4 is 11.1 Å². The largest absolute Gasteiger partial charge is 0.312 e. The molecule has 0 spiro atoms. The summed E-state index contributed by atoms with van der Waals surface area (Å²) in [5, 5.41) is 8.80. The molecule has 0 amide bonds. The van der Waals surface area contributed by atoms with Crippen LogP contribution in [0.25, 0.3) is 49.9 Å². The lowest BCUT2D eigenvalue weighted by Gasteiger charge is -2.23. The van der Waals surface area contributed by atoms with E-state index < -0.39 is 0 Å². The quantitative estimate of drug-likeness (QED) is 0.177. The molecular weight excluding hydrogens is 569 g/mol. The highest BCUT2D eigenvalue weighted by Crippen LogP contribution is 2.51. The van der Waals surface area contributed by atoms with Gasteiger partial charge in [-0.15, -0.1) is 0 Å². The molecule has 2 atom stereocenters. The number of nitrogens with two attached hydrogens (primary N) is 1. The van der Waals surface area contributed by atoms with E-state index in [4.69, 9.17) is 5.73 Å². The molecule has 2 heteroatoms. The highest BCUT2D eigenvalue weighted by Gasteiger charge is 2.36. The molecule has 0 radical (unpaired) electrons. The van der Waals surface area contributed by atoms with Crippen LogP contribution in [0.2, 0.25) is 0 Å². The molecule has 7 aromatic carbocycles. The molecule has 0 saturated carbocycles. The Morgan fingerprint density at radius 3 is 2.02 bits per heavy atom. The minimum atomic E-state index is -0.323. The third-order valence-electron chi connectivity index (χ3n) is 9.96. The fourth-order valence-corrected chi connectivity index (χ4v) is 7.40. The fourth-order valence-electron chi connectivity index (χ4n) is 7.40. The summed E-state index contributed by atoms with van der Waals surface area (Å²) in [4.78, 5) is 0. The van der Waals surface area contributed by atoms with Gasteiger partial charge in [0, 0.05) is 5.41 Å². The maximum atomic E-state index is 6.78. The highest BCUT2D eigenvalue weighted by molar-refractivity contribution is 5.97. The van der Waals surface area contributed by atoms with Crippen molar-refractivity contribution in [3.05, 3.63) is 186 Å². The Balaban J connectivity index is 1.19. The second kappa shape index (κ2) is 11.8. The maximum absolute atomic E-state index is 6.78. The lowest BCUT2D eigenvalue weighted by molar-refractivity contribution is 0.509. The van der Waals surface area contributed by atoms with Crippen LogP contribution in [0.4, 0.5) is 0 Å². The van der Waals surface area contributed by atoms with Crippen LogP contribution in [0.1, 0.15) is 53.9 Å². The van der Waals surface area contributed by atoms with Crippen LogP contribution >= 0.6 is 0 Å². The molecule has 0 bridgehead atoms. The Labute approximate surface area is 277 Å². The zero-order chi connectivity index (χ0) is 32.0. The summed E-state index contributed by atoms with van der Waals surface area (Å²) in [5.74, 6) is 0. The molecule has 228 valence electrons. The molecule has 1 aliphatic carbocycles. The molecule has 8 rings (SSSR count). The predicted molar refractivity (Wildman–Crippen MR) is 199 cm³/mol. The topological polar surface area (TPSA) is 38.0 Å². The second-order valence-corrected chi connectivity index (χ2v) is 13.2. The number of rotatable bonds is 7. The Morgan fingerprint density at radius 1 is 0.574 bits per heavy atom. The smallest absolute Gasteiger partial charge is 0.0817 e. The fraction of sp³-hybridized carbons (Fsp3) is 0.111. The van der Waals surface area contributed by atoms with Crippen molar-refractivity contribution in [1.29, 1.82) is 0 Å². The molecule has 0 aliphatic heterocycles. The van der Waals surface area contributed by atoms with Gasteiger partial charge in [0.05, 0.1) is 12.2 Å². The van der Waals surface area contributed by atoms with E-state index in [1.807, 2.05) is 18.2 Å². The summed E-state index contributed by atoms with van der Waals surface area (Å²) in [5.41, 5.74) is 18.0. The predicted octanol–water partition coefficient (Wildman–Crippen LogP) is 11.0. The summed E-state index contributed by atoms with van der Waals surface area (Å²) in [6, 6.07) is 54.4. The van der Waals surface area contributed by atoms with Gasteiger partial charge < -0.3 is 5.73 Å². The molecule has 0 saturated heterocycles. The van der Waals surface area contributed by atoms with Gasteiger partial charge in [-0.3, -0.25) is 5.32 Å². The molecule has 0 fully saturated rings. The average Bonchev–Trinajstić information content (AvgIpc) is 3.34. The summed E-state index contributed by atoms with van der Waals surface area (Å²) in [6.45, 7) is 4.70. The lowest BCUT2D eigenvalue weighted by Crippen LogP contribution is -2.31. The van der Waals surface area contributed by atoms with Gasteiger partial charge in [-0.25, -0.2) is 0 Å². The molecule has 7 aromatic rings. The number of hydrogen-bond donors (Lipinski definition) is 2. The molecule has 2 nitrogen and oxygen atoms in total. The number of nitrogens with one attached hydrogen (secondary N) is 1. The Morgan fingerprint density at radius 2 is 1.23 bits per heavy atom. The first kappa shape index (κ1) is 29.1. The summed E-state index contributed by atoms with van der Waals surface area (Å²) in [6.07, 6.45) is 4.24. The van der Waals surface area contributed by atoms with E-state index in [-0.39, 0.29) is 17.6 Å². The Hall–Kier alpha value is -5.28. The van der Waals surface area contributed by atoms with Gasteiger partial charge >= 0.3 is 0 Å². The van der Waals surface area contributed by atoms with Gasteiger partial charge in [0.15, 0.2) is 0 Å². The molecule has 2 unspecified atom stereocenters. The first-order valence-electron chi connectivity index (χ1n) is 16.5. The first-order valence-corrected chi connectivity index (χ1v) is 16.5. The third-order valence-corrected chi connectivity index (χ3v) is 9.96. The van der Waals surface area contributed by atoms with Crippen molar-refractivity contribution in [2.45, 2.75) is 31.5 Å². The van der Waals surface area contributed by atoms with Gasteiger partial charge in [0.2, 0.25) is 0 Å². The van der Waals surface area contributed by atoms with Gasteiger partial charge in [-0.1, -0.05) is 166 Å². The zero-order valence-electron chi connectivity index (χ0n) is 26.8. The van der Waals surface area contributed by atoms with Gasteiger partial charge in [0.25, 0.3) is 0 Å². The minimum Gasteiger partial charge on any atom is -0.312 e. The molecule has 1 aliphatic rings. The van der Waals surface area contributed by atoms with E-state index >= 15 is 0 Å². The third kappa shape index (κ3) is 5.26. The maximum Gasteiger partial charge on any atom is 0.0817 e. The monoisotopic (exact) mass is 606 g/mol. The molecule has 0 aromatic heterocycles. The van der Waals surface area contributed by atoms with Crippen LogP contribution in [-0.4, -0.2) is 0 Å². The molecular formula is C45H38N2. The van der Waals surface area contributed by atoms with Crippen LogP contribution in [0.5, 0.6) is 0 Å². The van der Waals surface area contributed by atoms with Gasteiger partial charge in [0.1, 0.15) is 0 Å². The molecule has 0 heterocycles. The van der Waals surface area contributed by atoms with Crippen molar-refractivity contribution >= 4 is 27.6 Å². The molecule has 3 N–H and O–H groups in total. The number of hydrogen-bond acceptors (Lipinski definition) is 2. The van der Waals surface area contributed by atoms with Crippen molar-refractivity contribution in [1.82, 2.24) is 5.32 Å². The average molecular weight is 607 g/mol. The summed E-state index contributed by atoms with van der Waals surface area (Å²) >= 11 is 0. The standard InChI is InChI=1S/C45H38N2/c1-45(2)40-21-11-18-33(43(40)39-28-35-15-6-7-16-36(35)29-41(39)45)26-27-42(47-44(46)34-13-4-3-5-14-34)32-24-22-31(23-25-32)38-20-10-17-30-12-8-9-19-37(30)38/h3-29,42,44,47H,46H2,1-2H3/b27-26+. The van der Waals surface area contributed by atoms with E-state index in [1.165, 1.54) is 60.5 Å². The van der Waals surface area contributed by atoms with Gasteiger partial charge in [-0.05, 0) is 83.7 Å². The summed E-state index contributed by atoms with van der Waals surface area (Å²) < 4.78 is 0. The summed E-state index contributed by atoms with van der Waals surface area (Å²) in [7, 11) is 0. The van der Waals surface area contributed by atoms with Crippen molar-refractivity contribution in [2.24, 2.45) is 5.73 Å². The van der Waals surface area contributed by atoms with Crippen molar-refractivity contribution in [3.63, 3.8) is 0 Å². The second-order valence-electron chi connectivity index (χ2n) is 13.2. The van der Waals surface area contributed by atoms with Crippen LogP contribution in [0.15, 0.2) is 158 Å². The van der Waals surface area contributed by atoms with E-state index in [2.05, 4.69) is 165 Å². The van der Waals surface area contributed by atoms with Crippen LogP contribution in [0, 0.1) is 0 Å². The zero-order valence-corrected chi connectivity index (χ0v) is 26.8.